The number of aliphatic hydroxyl groups excluding tert-OH is 1. The summed E-state index contributed by atoms with van der Waals surface area (Å²) in [5.74, 6) is -0.253. The Hall–Kier alpha value is -1.19. The lowest BCUT2D eigenvalue weighted by molar-refractivity contribution is 0.167. The highest BCUT2D eigenvalue weighted by atomic mass is 32.1. The molecule has 2 aromatic rings. The average Bonchev–Trinajstić information content (AvgIpc) is 2.82. The van der Waals surface area contributed by atoms with Gasteiger partial charge < -0.3 is 5.11 Å². The van der Waals surface area contributed by atoms with E-state index >= 15 is 0 Å². The van der Waals surface area contributed by atoms with Gasteiger partial charge in [0, 0.05) is 0 Å². The molecule has 1 aromatic heterocycles. The fourth-order valence-electron chi connectivity index (χ4n) is 1.72. The lowest BCUT2D eigenvalue weighted by Gasteiger charge is -2.11. The predicted octanol–water partition coefficient (Wildman–Crippen LogP) is 3.86. The minimum Gasteiger partial charge on any atom is -0.388 e. The molecule has 0 aliphatic heterocycles. The maximum absolute atomic E-state index is 13.3. The highest BCUT2D eigenvalue weighted by Gasteiger charge is 2.09. The molecule has 0 spiro atoms. The number of halogens is 1. The topological polar surface area (TPSA) is 20.2 Å². The molecule has 0 saturated heterocycles. The Kier molecular flexibility index (Phi) is 3.92. The number of hydrogen-bond acceptors (Lipinski definition) is 2. The molecule has 3 heteroatoms. The van der Waals surface area contributed by atoms with Gasteiger partial charge in [0.1, 0.15) is 5.82 Å². The van der Waals surface area contributed by atoms with Gasteiger partial charge in [0.25, 0.3) is 0 Å². The summed E-state index contributed by atoms with van der Waals surface area (Å²) in [6.07, 6.45) is 0.851. The first-order chi connectivity index (χ1) is 8.16. The highest BCUT2D eigenvalue weighted by Crippen LogP contribution is 2.21. The van der Waals surface area contributed by atoms with Gasteiger partial charge >= 0.3 is 0 Å². The molecule has 0 radical (unpaired) electrons. The summed E-state index contributed by atoms with van der Waals surface area (Å²) in [5, 5.41) is 14.1. The van der Waals surface area contributed by atoms with Gasteiger partial charge in [-0.05, 0) is 59.3 Å². The van der Waals surface area contributed by atoms with Crippen LogP contribution in [0.15, 0.2) is 35.0 Å². The molecule has 0 aliphatic carbocycles. The fourth-order valence-corrected chi connectivity index (χ4v) is 2.42. The Morgan fingerprint density at radius 1 is 1.35 bits per heavy atom. The van der Waals surface area contributed by atoms with Crippen LogP contribution in [0.5, 0.6) is 0 Å². The largest absolute Gasteiger partial charge is 0.388 e. The van der Waals surface area contributed by atoms with Crippen LogP contribution < -0.4 is 0 Å². The standard InChI is InChI=1S/C14H15FOS/c1-10-2-4-12(8-13(10)15)14(16)5-3-11-6-7-17-9-11/h2,4,6-9,14,16H,3,5H2,1H3. The Labute approximate surface area is 105 Å². The van der Waals surface area contributed by atoms with Crippen molar-refractivity contribution in [2.24, 2.45) is 0 Å². The van der Waals surface area contributed by atoms with Gasteiger partial charge in [-0.15, -0.1) is 0 Å². The summed E-state index contributed by atoms with van der Waals surface area (Å²) in [6.45, 7) is 1.72. The smallest absolute Gasteiger partial charge is 0.126 e. The van der Waals surface area contributed by atoms with Crippen molar-refractivity contribution in [3.63, 3.8) is 0 Å². The van der Waals surface area contributed by atoms with Crippen LogP contribution in [0, 0.1) is 12.7 Å². The first-order valence-electron chi connectivity index (χ1n) is 5.62. The second-order valence-electron chi connectivity index (χ2n) is 4.19. The summed E-state index contributed by atoms with van der Waals surface area (Å²) in [4.78, 5) is 0. The van der Waals surface area contributed by atoms with Crippen LogP contribution in [0.2, 0.25) is 0 Å². The van der Waals surface area contributed by atoms with Crippen molar-refractivity contribution < 1.29 is 9.50 Å². The van der Waals surface area contributed by atoms with E-state index in [1.807, 2.05) is 11.4 Å². The van der Waals surface area contributed by atoms with Crippen LogP contribution >= 0.6 is 11.3 Å². The number of aryl methyl sites for hydroxylation is 2. The predicted molar refractivity (Wildman–Crippen MR) is 68.7 cm³/mol. The molecular formula is C14H15FOS. The summed E-state index contributed by atoms with van der Waals surface area (Å²) in [6, 6.07) is 6.97. The summed E-state index contributed by atoms with van der Waals surface area (Å²) in [5.41, 5.74) is 2.49. The first-order valence-corrected chi connectivity index (χ1v) is 6.56. The first kappa shape index (κ1) is 12.3. The van der Waals surface area contributed by atoms with Gasteiger partial charge in [-0.2, -0.15) is 11.3 Å². The Bertz CT molecular complexity index is 479. The fraction of sp³-hybridized carbons (Fsp3) is 0.286. The van der Waals surface area contributed by atoms with E-state index in [2.05, 4.69) is 5.38 Å². The van der Waals surface area contributed by atoms with Crippen molar-refractivity contribution in [1.82, 2.24) is 0 Å². The van der Waals surface area contributed by atoms with Crippen LogP contribution in [0.3, 0.4) is 0 Å². The van der Waals surface area contributed by atoms with Gasteiger partial charge in [0.15, 0.2) is 0 Å². The van der Waals surface area contributed by atoms with E-state index < -0.39 is 6.10 Å². The van der Waals surface area contributed by atoms with E-state index in [1.165, 1.54) is 11.6 Å². The lowest BCUT2D eigenvalue weighted by Crippen LogP contribution is -2.00. The van der Waals surface area contributed by atoms with Gasteiger partial charge in [-0.3, -0.25) is 0 Å². The third-order valence-corrected chi connectivity index (χ3v) is 3.60. The third-order valence-electron chi connectivity index (χ3n) is 2.87. The van der Waals surface area contributed by atoms with Crippen LogP contribution in [0.4, 0.5) is 4.39 Å². The Morgan fingerprint density at radius 3 is 2.82 bits per heavy atom. The number of rotatable bonds is 4. The number of thiophene rings is 1. The molecule has 90 valence electrons. The maximum Gasteiger partial charge on any atom is 0.126 e. The zero-order valence-corrected chi connectivity index (χ0v) is 10.5. The average molecular weight is 250 g/mol. The SMILES string of the molecule is Cc1ccc(C(O)CCc2ccsc2)cc1F. The van der Waals surface area contributed by atoms with Crippen LogP contribution in [-0.4, -0.2) is 5.11 Å². The second kappa shape index (κ2) is 5.43. The molecule has 17 heavy (non-hydrogen) atoms. The molecule has 0 fully saturated rings. The summed E-state index contributed by atoms with van der Waals surface area (Å²) < 4.78 is 13.3. The number of hydrogen-bond donors (Lipinski definition) is 1. The van der Waals surface area contributed by atoms with Crippen molar-refractivity contribution >= 4 is 11.3 Å². The van der Waals surface area contributed by atoms with Crippen LogP contribution in [0.1, 0.15) is 29.2 Å². The normalized spacial score (nSPS) is 12.6. The maximum atomic E-state index is 13.3. The highest BCUT2D eigenvalue weighted by molar-refractivity contribution is 7.07. The van der Waals surface area contributed by atoms with E-state index in [9.17, 15) is 9.50 Å². The zero-order valence-electron chi connectivity index (χ0n) is 9.69. The quantitative estimate of drug-likeness (QED) is 0.873. The summed E-state index contributed by atoms with van der Waals surface area (Å²) in [7, 11) is 0. The van der Waals surface area contributed by atoms with Crippen molar-refractivity contribution in [2.45, 2.75) is 25.9 Å². The molecule has 0 amide bonds. The van der Waals surface area contributed by atoms with Gasteiger partial charge in [-0.25, -0.2) is 4.39 Å². The van der Waals surface area contributed by atoms with Crippen molar-refractivity contribution in [3.05, 3.63) is 57.5 Å². The zero-order chi connectivity index (χ0) is 12.3. The molecule has 1 heterocycles. The van der Waals surface area contributed by atoms with Crippen molar-refractivity contribution in [3.8, 4) is 0 Å². The molecule has 1 nitrogen and oxygen atoms in total. The molecule has 2 rings (SSSR count). The van der Waals surface area contributed by atoms with Crippen LogP contribution in [0.25, 0.3) is 0 Å². The van der Waals surface area contributed by atoms with E-state index in [0.717, 1.165) is 6.42 Å². The minimum absolute atomic E-state index is 0.253. The molecule has 1 unspecified atom stereocenters. The van der Waals surface area contributed by atoms with E-state index in [4.69, 9.17) is 0 Å². The van der Waals surface area contributed by atoms with Crippen molar-refractivity contribution in [2.75, 3.05) is 0 Å². The van der Waals surface area contributed by atoms with Gasteiger partial charge in [0.2, 0.25) is 0 Å². The van der Waals surface area contributed by atoms with E-state index in [0.29, 0.717) is 17.5 Å². The Balaban J connectivity index is 1.99. The van der Waals surface area contributed by atoms with Crippen molar-refractivity contribution in [1.29, 1.82) is 0 Å². The molecule has 1 N–H and O–H groups in total. The van der Waals surface area contributed by atoms with Crippen LogP contribution in [-0.2, 0) is 6.42 Å². The monoisotopic (exact) mass is 250 g/mol. The Morgan fingerprint density at radius 2 is 2.18 bits per heavy atom. The molecule has 1 aromatic carbocycles. The third kappa shape index (κ3) is 3.14. The molecule has 0 aliphatic rings. The molecular weight excluding hydrogens is 235 g/mol. The number of aliphatic hydroxyl groups is 1. The number of benzene rings is 1. The summed E-state index contributed by atoms with van der Waals surface area (Å²) >= 11 is 1.65. The minimum atomic E-state index is -0.593. The van der Waals surface area contributed by atoms with E-state index in [-0.39, 0.29) is 5.82 Å². The molecule has 1 atom stereocenters. The molecule has 0 saturated carbocycles. The lowest BCUT2D eigenvalue weighted by atomic mass is 10.0. The van der Waals surface area contributed by atoms with Gasteiger partial charge in [0.05, 0.1) is 6.10 Å². The second-order valence-corrected chi connectivity index (χ2v) is 4.97. The van der Waals surface area contributed by atoms with Gasteiger partial charge in [-0.1, -0.05) is 12.1 Å². The van der Waals surface area contributed by atoms with E-state index in [1.54, 1.807) is 30.4 Å². The molecule has 0 bridgehead atoms.